The zero-order valence-corrected chi connectivity index (χ0v) is 13.2. The molecule has 4 N–H and O–H groups in total. The highest BCUT2D eigenvalue weighted by Crippen LogP contribution is 2.36. The summed E-state index contributed by atoms with van der Waals surface area (Å²) in [6.45, 7) is 3.65. The second-order valence-corrected chi connectivity index (χ2v) is 5.33. The average Bonchev–Trinajstić information content (AvgIpc) is 2.38. The molecule has 0 spiro atoms. The van der Waals surface area contributed by atoms with Crippen LogP contribution in [0.3, 0.4) is 0 Å². The average molecular weight is 334 g/mol. The summed E-state index contributed by atoms with van der Waals surface area (Å²) in [5, 5.41) is 5.61. The largest absolute Gasteiger partial charge is 0.482 e. The molecule has 0 bridgehead atoms. The highest BCUT2D eigenvalue weighted by atomic mass is 35.5. The first-order valence-electron chi connectivity index (χ1n) is 6.21. The monoisotopic (exact) mass is 333 g/mol. The van der Waals surface area contributed by atoms with Crippen LogP contribution >= 0.6 is 24.0 Å². The van der Waals surface area contributed by atoms with Gasteiger partial charge in [0.05, 0.1) is 22.4 Å². The SMILES string of the molecule is CC(C)[C@@H](N)C(=O)Nc1cc2c(cc1Cl)NC(=O)CO2.Cl. The molecule has 0 radical (unpaired) electrons. The third-order valence-corrected chi connectivity index (χ3v) is 3.29. The lowest BCUT2D eigenvalue weighted by Crippen LogP contribution is -2.39. The number of ether oxygens (including phenoxy) is 1. The molecule has 116 valence electrons. The van der Waals surface area contributed by atoms with Crippen molar-refractivity contribution in [2.75, 3.05) is 17.2 Å². The number of hydrogen-bond donors (Lipinski definition) is 3. The van der Waals surface area contributed by atoms with E-state index < -0.39 is 6.04 Å². The molecule has 1 aliphatic rings. The molecule has 0 unspecified atom stereocenters. The zero-order chi connectivity index (χ0) is 14.9. The summed E-state index contributed by atoms with van der Waals surface area (Å²) in [6, 6.07) is 2.48. The molecule has 0 saturated heterocycles. The first-order valence-corrected chi connectivity index (χ1v) is 6.59. The minimum absolute atomic E-state index is 0. The van der Waals surface area contributed by atoms with Gasteiger partial charge in [-0.05, 0) is 12.0 Å². The summed E-state index contributed by atoms with van der Waals surface area (Å²) in [6.07, 6.45) is 0. The van der Waals surface area contributed by atoms with Crippen LogP contribution in [0, 0.1) is 5.92 Å². The van der Waals surface area contributed by atoms with E-state index in [9.17, 15) is 9.59 Å². The predicted molar refractivity (Wildman–Crippen MR) is 84.3 cm³/mol. The molecule has 0 saturated carbocycles. The molecule has 1 aromatic rings. The van der Waals surface area contributed by atoms with E-state index >= 15 is 0 Å². The van der Waals surface area contributed by atoms with E-state index in [0.29, 0.717) is 22.1 Å². The van der Waals surface area contributed by atoms with E-state index in [4.69, 9.17) is 22.1 Å². The van der Waals surface area contributed by atoms with Crippen LogP contribution in [0.4, 0.5) is 11.4 Å². The van der Waals surface area contributed by atoms with Gasteiger partial charge in [-0.1, -0.05) is 25.4 Å². The lowest BCUT2D eigenvalue weighted by atomic mass is 10.0. The van der Waals surface area contributed by atoms with Crippen molar-refractivity contribution in [1.29, 1.82) is 0 Å². The Labute approximate surface area is 133 Å². The molecule has 2 rings (SSSR count). The summed E-state index contributed by atoms with van der Waals surface area (Å²) in [4.78, 5) is 23.1. The molecule has 1 aromatic carbocycles. The zero-order valence-electron chi connectivity index (χ0n) is 11.6. The van der Waals surface area contributed by atoms with Crippen LogP contribution in [0.5, 0.6) is 5.75 Å². The Morgan fingerprint density at radius 2 is 2.14 bits per heavy atom. The second kappa shape index (κ2) is 6.98. The fraction of sp³-hybridized carbons (Fsp3) is 0.385. The second-order valence-electron chi connectivity index (χ2n) is 4.92. The number of fused-ring (bicyclic) bond motifs is 1. The Morgan fingerprint density at radius 1 is 1.48 bits per heavy atom. The number of halogens is 2. The highest BCUT2D eigenvalue weighted by Gasteiger charge is 2.21. The molecule has 1 atom stereocenters. The van der Waals surface area contributed by atoms with Crippen molar-refractivity contribution in [2.45, 2.75) is 19.9 Å². The minimum atomic E-state index is -0.622. The van der Waals surface area contributed by atoms with Crippen molar-refractivity contribution >= 4 is 47.2 Å². The lowest BCUT2D eigenvalue weighted by Gasteiger charge is -2.21. The van der Waals surface area contributed by atoms with Crippen molar-refractivity contribution in [3.63, 3.8) is 0 Å². The Morgan fingerprint density at radius 3 is 2.76 bits per heavy atom. The maximum absolute atomic E-state index is 11.9. The number of nitrogens with two attached hydrogens (primary N) is 1. The van der Waals surface area contributed by atoms with E-state index in [1.807, 2.05) is 13.8 Å². The van der Waals surface area contributed by atoms with Gasteiger partial charge in [-0.3, -0.25) is 9.59 Å². The van der Waals surface area contributed by atoms with Crippen LogP contribution in [-0.4, -0.2) is 24.5 Å². The molecular weight excluding hydrogens is 317 g/mol. The first-order chi connectivity index (χ1) is 9.38. The standard InChI is InChI=1S/C13H16ClN3O3.ClH/c1-6(2)12(15)13(19)17-8-4-10-9(3-7(8)14)16-11(18)5-20-10;/h3-4,6,12H,5,15H2,1-2H3,(H,16,18)(H,17,19);1H/t12-;/m1./s1. The molecule has 0 aliphatic carbocycles. The molecular formula is C13H17Cl2N3O3. The summed E-state index contributed by atoms with van der Waals surface area (Å²) >= 11 is 6.07. The summed E-state index contributed by atoms with van der Waals surface area (Å²) < 4.78 is 5.27. The Balaban J connectivity index is 0.00000220. The highest BCUT2D eigenvalue weighted by molar-refractivity contribution is 6.34. The van der Waals surface area contributed by atoms with Gasteiger partial charge in [0.15, 0.2) is 6.61 Å². The van der Waals surface area contributed by atoms with Gasteiger partial charge in [-0.25, -0.2) is 0 Å². The third-order valence-electron chi connectivity index (χ3n) is 2.98. The van der Waals surface area contributed by atoms with Crippen molar-refractivity contribution in [3.05, 3.63) is 17.2 Å². The van der Waals surface area contributed by atoms with Crippen LogP contribution < -0.4 is 21.1 Å². The Bertz CT molecular complexity index is 564. The van der Waals surface area contributed by atoms with Gasteiger partial charge in [0.25, 0.3) is 5.91 Å². The van der Waals surface area contributed by atoms with Crippen LogP contribution in [0.15, 0.2) is 12.1 Å². The fourth-order valence-corrected chi connectivity index (χ4v) is 1.93. The van der Waals surface area contributed by atoms with Gasteiger partial charge in [-0.15, -0.1) is 12.4 Å². The van der Waals surface area contributed by atoms with Crippen LogP contribution in [0.25, 0.3) is 0 Å². The molecule has 2 amide bonds. The van der Waals surface area contributed by atoms with Gasteiger partial charge in [-0.2, -0.15) is 0 Å². The first kappa shape index (κ1) is 17.6. The number of benzene rings is 1. The summed E-state index contributed by atoms with van der Waals surface area (Å²) in [7, 11) is 0. The van der Waals surface area contributed by atoms with Crippen LogP contribution in [-0.2, 0) is 9.59 Å². The van der Waals surface area contributed by atoms with E-state index in [1.165, 1.54) is 6.07 Å². The predicted octanol–water partition coefficient (Wildman–Crippen LogP) is 2.01. The molecule has 0 aromatic heterocycles. The number of hydrogen-bond acceptors (Lipinski definition) is 4. The number of carbonyl (C=O) groups excluding carboxylic acids is 2. The molecule has 6 nitrogen and oxygen atoms in total. The number of amides is 2. The topological polar surface area (TPSA) is 93.5 Å². The minimum Gasteiger partial charge on any atom is -0.482 e. The van der Waals surface area contributed by atoms with Gasteiger partial charge in [0.1, 0.15) is 5.75 Å². The molecule has 21 heavy (non-hydrogen) atoms. The number of nitrogens with one attached hydrogen (secondary N) is 2. The van der Waals surface area contributed by atoms with Gasteiger partial charge < -0.3 is 21.1 Å². The van der Waals surface area contributed by atoms with Crippen LogP contribution in [0.2, 0.25) is 5.02 Å². The quantitative estimate of drug-likeness (QED) is 0.788. The Kier molecular flexibility index (Phi) is 5.83. The van der Waals surface area contributed by atoms with E-state index in [0.717, 1.165) is 0 Å². The lowest BCUT2D eigenvalue weighted by molar-refractivity contribution is -0.119. The fourth-order valence-electron chi connectivity index (χ4n) is 1.71. The number of rotatable bonds is 3. The van der Waals surface area contributed by atoms with Gasteiger partial charge >= 0.3 is 0 Å². The Hall–Kier alpha value is -1.50. The molecule has 1 heterocycles. The van der Waals surface area contributed by atoms with Crippen molar-refractivity contribution < 1.29 is 14.3 Å². The van der Waals surface area contributed by atoms with E-state index in [2.05, 4.69) is 10.6 Å². The molecule has 8 heteroatoms. The van der Waals surface area contributed by atoms with Gasteiger partial charge in [0.2, 0.25) is 5.91 Å². The summed E-state index contributed by atoms with van der Waals surface area (Å²) in [5.74, 6) is -0.0850. The van der Waals surface area contributed by atoms with Crippen molar-refractivity contribution in [3.8, 4) is 5.75 Å². The third kappa shape index (κ3) is 4.00. The maximum Gasteiger partial charge on any atom is 0.262 e. The molecule has 1 aliphatic heterocycles. The van der Waals surface area contributed by atoms with E-state index in [-0.39, 0.29) is 36.7 Å². The van der Waals surface area contributed by atoms with Crippen LogP contribution in [0.1, 0.15) is 13.8 Å². The smallest absolute Gasteiger partial charge is 0.262 e. The van der Waals surface area contributed by atoms with Crippen molar-refractivity contribution in [2.24, 2.45) is 11.7 Å². The maximum atomic E-state index is 11.9. The molecule has 0 fully saturated rings. The number of carbonyl (C=O) groups is 2. The van der Waals surface area contributed by atoms with Gasteiger partial charge in [0, 0.05) is 6.07 Å². The van der Waals surface area contributed by atoms with E-state index in [1.54, 1.807) is 6.07 Å². The summed E-state index contributed by atoms with van der Waals surface area (Å²) in [5.41, 5.74) is 6.66. The number of anilines is 2. The normalized spacial score (nSPS) is 14.4. The van der Waals surface area contributed by atoms with Crippen molar-refractivity contribution in [1.82, 2.24) is 0 Å².